The summed E-state index contributed by atoms with van der Waals surface area (Å²) < 4.78 is 5.35. The molecule has 3 nitrogen and oxygen atoms in total. The number of hydrogen-bond donors (Lipinski definition) is 0. The third kappa shape index (κ3) is 5.50. The van der Waals surface area contributed by atoms with Gasteiger partial charge >= 0.3 is 5.97 Å². The summed E-state index contributed by atoms with van der Waals surface area (Å²) in [5, 5.41) is 0.306. The minimum atomic E-state index is -0.331. The predicted octanol–water partition coefficient (Wildman–Crippen LogP) is 4.25. The third-order valence-corrected chi connectivity index (χ3v) is 2.94. The van der Waals surface area contributed by atoms with Crippen LogP contribution in [-0.4, -0.2) is 17.1 Å². The van der Waals surface area contributed by atoms with Crippen molar-refractivity contribution in [2.45, 2.75) is 52.1 Å². The Labute approximate surface area is 114 Å². The van der Waals surface area contributed by atoms with Crippen LogP contribution in [-0.2, 0) is 4.74 Å². The van der Waals surface area contributed by atoms with E-state index in [0.29, 0.717) is 10.7 Å². The highest BCUT2D eigenvalue weighted by Crippen LogP contribution is 2.12. The van der Waals surface area contributed by atoms with Crippen LogP contribution in [0.2, 0.25) is 5.15 Å². The third-order valence-electron chi connectivity index (χ3n) is 2.73. The van der Waals surface area contributed by atoms with Crippen molar-refractivity contribution >= 4 is 17.6 Å². The number of carbonyl (C=O) groups is 1. The SMILES string of the molecule is CCCCCCC(C)OC(=O)c1ccnc(Cl)c1. The molecule has 1 rings (SSSR count). The van der Waals surface area contributed by atoms with Crippen LogP contribution in [0.1, 0.15) is 56.3 Å². The standard InChI is InChI=1S/C14H20ClNO2/c1-3-4-5-6-7-11(2)18-14(17)12-8-9-16-13(15)10-12/h8-11H,3-7H2,1-2H3. The largest absolute Gasteiger partial charge is 0.459 e. The van der Waals surface area contributed by atoms with E-state index in [0.717, 1.165) is 12.8 Å². The minimum Gasteiger partial charge on any atom is -0.459 e. The number of ether oxygens (including phenoxy) is 1. The Morgan fingerprint density at radius 1 is 1.44 bits per heavy atom. The highest BCUT2D eigenvalue weighted by atomic mass is 35.5. The Kier molecular flexibility index (Phi) is 6.73. The lowest BCUT2D eigenvalue weighted by Gasteiger charge is -2.13. The number of esters is 1. The second kappa shape index (κ2) is 8.09. The summed E-state index contributed by atoms with van der Waals surface area (Å²) in [6, 6.07) is 3.13. The Balaban J connectivity index is 2.35. The summed E-state index contributed by atoms with van der Waals surface area (Å²) >= 11 is 5.72. The molecule has 0 fully saturated rings. The average molecular weight is 270 g/mol. The van der Waals surface area contributed by atoms with Gasteiger partial charge in [0.15, 0.2) is 0 Å². The quantitative estimate of drug-likeness (QED) is 0.422. The van der Waals surface area contributed by atoms with E-state index >= 15 is 0 Å². The Bertz CT molecular complexity index is 382. The van der Waals surface area contributed by atoms with E-state index in [1.807, 2.05) is 6.92 Å². The number of rotatable bonds is 7. The maximum Gasteiger partial charge on any atom is 0.338 e. The average Bonchev–Trinajstić information content (AvgIpc) is 2.34. The fourth-order valence-electron chi connectivity index (χ4n) is 1.70. The lowest BCUT2D eigenvalue weighted by Crippen LogP contribution is -2.15. The molecule has 0 aliphatic rings. The van der Waals surface area contributed by atoms with Crippen LogP contribution in [0.3, 0.4) is 0 Å². The van der Waals surface area contributed by atoms with Crippen molar-refractivity contribution in [2.24, 2.45) is 0 Å². The molecular weight excluding hydrogens is 250 g/mol. The van der Waals surface area contributed by atoms with Crippen molar-refractivity contribution in [3.05, 3.63) is 29.0 Å². The van der Waals surface area contributed by atoms with E-state index in [1.54, 1.807) is 6.07 Å². The molecule has 1 atom stereocenters. The molecule has 1 unspecified atom stereocenters. The molecule has 4 heteroatoms. The van der Waals surface area contributed by atoms with Gasteiger partial charge in [-0.05, 0) is 31.9 Å². The molecule has 1 heterocycles. The van der Waals surface area contributed by atoms with Crippen LogP contribution < -0.4 is 0 Å². The molecule has 0 aliphatic carbocycles. The van der Waals surface area contributed by atoms with Crippen molar-refractivity contribution in [3.8, 4) is 0 Å². The topological polar surface area (TPSA) is 39.2 Å². The number of nitrogens with zero attached hydrogens (tertiary/aromatic N) is 1. The van der Waals surface area contributed by atoms with Gasteiger partial charge in [0.25, 0.3) is 0 Å². The van der Waals surface area contributed by atoms with Crippen LogP contribution >= 0.6 is 11.6 Å². The lowest BCUT2D eigenvalue weighted by atomic mass is 10.1. The molecule has 100 valence electrons. The minimum absolute atomic E-state index is 0.0544. The second-order valence-corrected chi connectivity index (χ2v) is 4.82. The molecular formula is C14H20ClNO2. The number of aromatic nitrogens is 1. The fraction of sp³-hybridized carbons (Fsp3) is 0.571. The summed E-state index contributed by atoms with van der Waals surface area (Å²) in [5.41, 5.74) is 0.454. The van der Waals surface area contributed by atoms with E-state index < -0.39 is 0 Å². The molecule has 0 amide bonds. The monoisotopic (exact) mass is 269 g/mol. The molecule has 0 saturated carbocycles. The summed E-state index contributed by atoms with van der Waals surface area (Å²) in [6.07, 6.45) is 7.10. The molecule has 0 spiro atoms. The molecule has 0 N–H and O–H groups in total. The van der Waals surface area contributed by atoms with Gasteiger partial charge in [0.1, 0.15) is 5.15 Å². The first-order valence-electron chi connectivity index (χ1n) is 6.46. The van der Waals surface area contributed by atoms with Crippen LogP contribution in [0.5, 0.6) is 0 Å². The first-order valence-corrected chi connectivity index (χ1v) is 6.83. The highest BCUT2D eigenvalue weighted by Gasteiger charge is 2.12. The maximum absolute atomic E-state index is 11.8. The number of pyridine rings is 1. The summed E-state index contributed by atoms with van der Waals surface area (Å²) in [5.74, 6) is -0.331. The number of hydrogen-bond acceptors (Lipinski definition) is 3. The van der Waals surface area contributed by atoms with Crippen molar-refractivity contribution in [1.29, 1.82) is 0 Å². The Hall–Kier alpha value is -1.09. The molecule has 1 aromatic heterocycles. The van der Waals surface area contributed by atoms with E-state index in [2.05, 4.69) is 11.9 Å². The van der Waals surface area contributed by atoms with Gasteiger partial charge in [0.05, 0.1) is 11.7 Å². The van der Waals surface area contributed by atoms with Crippen molar-refractivity contribution in [3.63, 3.8) is 0 Å². The van der Waals surface area contributed by atoms with Gasteiger partial charge in [-0.15, -0.1) is 0 Å². The van der Waals surface area contributed by atoms with Gasteiger partial charge in [0.2, 0.25) is 0 Å². The molecule has 0 saturated heterocycles. The van der Waals surface area contributed by atoms with E-state index in [-0.39, 0.29) is 12.1 Å². The van der Waals surface area contributed by atoms with Crippen LogP contribution in [0.25, 0.3) is 0 Å². The van der Waals surface area contributed by atoms with Gasteiger partial charge < -0.3 is 4.74 Å². The maximum atomic E-state index is 11.8. The molecule has 18 heavy (non-hydrogen) atoms. The highest BCUT2D eigenvalue weighted by molar-refractivity contribution is 6.29. The Morgan fingerprint density at radius 3 is 2.89 bits per heavy atom. The zero-order chi connectivity index (χ0) is 13.4. The van der Waals surface area contributed by atoms with E-state index in [4.69, 9.17) is 16.3 Å². The van der Waals surface area contributed by atoms with E-state index in [1.165, 1.54) is 31.5 Å². The fourth-order valence-corrected chi connectivity index (χ4v) is 1.87. The van der Waals surface area contributed by atoms with Crippen molar-refractivity contribution < 1.29 is 9.53 Å². The predicted molar refractivity (Wildman–Crippen MR) is 72.9 cm³/mol. The van der Waals surface area contributed by atoms with Crippen LogP contribution in [0.4, 0.5) is 0 Å². The first-order chi connectivity index (χ1) is 8.63. The molecule has 0 bridgehead atoms. The molecule has 0 radical (unpaired) electrons. The van der Waals surface area contributed by atoms with Gasteiger partial charge in [-0.25, -0.2) is 9.78 Å². The van der Waals surface area contributed by atoms with Crippen molar-refractivity contribution in [1.82, 2.24) is 4.98 Å². The number of unbranched alkanes of at least 4 members (excludes halogenated alkanes) is 3. The van der Waals surface area contributed by atoms with Gasteiger partial charge in [-0.2, -0.15) is 0 Å². The smallest absolute Gasteiger partial charge is 0.338 e. The molecule has 0 aliphatic heterocycles. The summed E-state index contributed by atoms with van der Waals surface area (Å²) in [6.45, 7) is 4.10. The van der Waals surface area contributed by atoms with Crippen LogP contribution in [0.15, 0.2) is 18.3 Å². The number of carbonyl (C=O) groups excluding carboxylic acids is 1. The number of halogens is 1. The summed E-state index contributed by atoms with van der Waals surface area (Å²) in [4.78, 5) is 15.6. The zero-order valence-corrected chi connectivity index (χ0v) is 11.7. The zero-order valence-electron chi connectivity index (χ0n) is 11.0. The van der Waals surface area contributed by atoms with Crippen LogP contribution in [0, 0.1) is 0 Å². The normalized spacial score (nSPS) is 12.2. The summed E-state index contributed by atoms with van der Waals surface area (Å²) in [7, 11) is 0. The molecule has 0 aromatic carbocycles. The van der Waals surface area contributed by atoms with Crippen molar-refractivity contribution in [2.75, 3.05) is 0 Å². The Morgan fingerprint density at radius 2 is 2.22 bits per heavy atom. The van der Waals surface area contributed by atoms with Gasteiger partial charge in [0, 0.05) is 6.20 Å². The van der Waals surface area contributed by atoms with Gasteiger partial charge in [-0.1, -0.05) is 37.8 Å². The second-order valence-electron chi connectivity index (χ2n) is 4.43. The van der Waals surface area contributed by atoms with E-state index in [9.17, 15) is 4.79 Å². The van der Waals surface area contributed by atoms with Gasteiger partial charge in [-0.3, -0.25) is 0 Å². The first kappa shape index (κ1) is 15.0. The lowest BCUT2D eigenvalue weighted by molar-refractivity contribution is 0.0319. The molecule has 1 aromatic rings.